The highest BCUT2D eigenvalue weighted by atomic mass is 32.1. The number of benzene rings is 1. The number of hydrogen-bond donors (Lipinski definition) is 1. The molecule has 0 bridgehead atoms. The topological polar surface area (TPSA) is 65.5 Å². The molecule has 1 aliphatic carbocycles. The number of nitrogens with one attached hydrogen (secondary N) is 1. The summed E-state index contributed by atoms with van der Waals surface area (Å²) in [6.45, 7) is 1.21. The van der Waals surface area contributed by atoms with Gasteiger partial charge in [-0.05, 0) is 37.8 Å². The molecule has 0 saturated carbocycles. The molecule has 0 spiro atoms. The minimum Gasteiger partial charge on any atom is -0.313 e. The number of carbonyl (C=O) groups excluding carboxylic acids is 2. The van der Waals surface area contributed by atoms with Crippen molar-refractivity contribution in [3.8, 4) is 0 Å². The number of carbonyl (C=O) groups is 2. The smallest absolute Gasteiger partial charge is 0.313 e. The molecule has 1 fully saturated rings. The van der Waals surface area contributed by atoms with Crippen molar-refractivity contribution >= 4 is 34.1 Å². The minimum atomic E-state index is -0.186. The second kappa shape index (κ2) is 6.84. The molecule has 4 rings (SSSR count). The minimum absolute atomic E-state index is 0.0619. The highest BCUT2D eigenvalue weighted by Gasteiger charge is 2.31. The molecule has 1 aliphatic heterocycles. The molecular formula is C18H20N4O2S. The molecule has 1 aromatic carbocycles. The number of para-hydroxylation sites is 1. The van der Waals surface area contributed by atoms with E-state index in [1.807, 2.05) is 30.3 Å². The Hall–Kier alpha value is -2.41. The normalized spacial score (nSPS) is 16.9. The van der Waals surface area contributed by atoms with E-state index >= 15 is 0 Å². The van der Waals surface area contributed by atoms with Crippen molar-refractivity contribution in [3.63, 3.8) is 0 Å². The van der Waals surface area contributed by atoms with Crippen molar-refractivity contribution < 1.29 is 9.59 Å². The number of aryl methyl sites for hydroxylation is 2. The molecule has 2 aromatic rings. The van der Waals surface area contributed by atoms with Crippen LogP contribution in [0.3, 0.4) is 0 Å². The first-order valence-corrected chi connectivity index (χ1v) is 9.42. The number of aromatic nitrogens is 1. The molecule has 1 saturated heterocycles. The van der Waals surface area contributed by atoms with Crippen molar-refractivity contribution in [2.75, 3.05) is 29.9 Å². The molecule has 25 heavy (non-hydrogen) atoms. The second-order valence-electron chi connectivity index (χ2n) is 6.34. The molecule has 0 unspecified atom stereocenters. The van der Waals surface area contributed by atoms with Crippen LogP contribution in [0, 0.1) is 0 Å². The summed E-state index contributed by atoms with van der Waals surface area (Å²) in [5, 5.41) is 3.51. The predicted molar refractivity (Wildman–Crippen MR) is 98.1 cm³/mol. The molecular weight excluding hydrogens is 336 g/mol. The Labute approximate surface area is 150 Å². The van der Waals surface area contributed by atoms with Gasteiger partial charge in [-0.3, -0.25) is 9.69 Å². The van der Waals surface area contributed by atoms with Gasteiger partial charge in [-0.25, -0.2) is 9.78 Å². The van der Waals surface area contributed by atoms with Crippen molar-refractivity contribution in [1.29, 1.82) is 0 Å². The van der Waals surface area contributed by atoms with Crippen LogP contribution in [0.1, 0.15) is 23.4 Å². The predicted octanol–water partition coefficient (Wildman–Crippen LogP) is 2.90. The third-order valence-corrected chi connectivity index (χ3v) is 5.66. The average Bonchev–Trinajstić information content (AvgIpc) is 3.19. The standard InChI is InChI=1S/C18H20N4O2S/c23-16(20-17-19-14-8-4-5-9-15(14)25-17)12-21-10-11-22(18(21)24)13-6-2-1-3-7-13/h1-3,6-7H,4-5,8-12H2,(H,19,20,23). The van der Waals surface area contributed by atoms with Crippen LogP contribution in [-0.4, -0.2) is 41.5 Å². The monoisotopic (exact) mass is 356 g/mol. The van der Waals surface area contributed by atoms with Gasteiger partial charge in [0.2, 0.25) is 5.91 Å². The Morgan fingerprint density at radius 2 is 1.96 bits per heavy atom. The van der Waals surface area contributed by atoms with Gasteiger partial charge in [0.05, 0.1) is 5.69 Å². The van der Waals surface area contributed by atoms with E-state index in [4.69, 9.17) is 0 Å². The molecule has 2 aliphatic rings. The Morgan fingerprint density at radius 3 is 2.76 bits per heavy atom. The zero-order valence-corrected chi connectivity index (χ0v) is 14.7. The molecule has 6 nitrogen and oxygen atoms in total. The van der Waals surface area contributed by atoms with Crippen LogP contribution in [0.5, 0.6) is 0 Å². The first-order chi connectivity index (χ1) is 12.2. The summed E-state index contributed by atoms with van der Waals surface area (Å²) in [4.78, 5) is 33.9. The lowest BCUT2D eigenvalue weighted by atomic mass is 10.0. The van der Waals surface area contributed by atoms with E-state index in [9.17, 15) is 9.59 Å². The molecule has 0 radical (unpaired) electrons. The van der Waals surface area contributed by atoms with Gasteiger partial charge in [0, 0.05) is 23.7 Å². The molecule has 1 N–H and O–H groups in total. The van der Waals surface area contributed by atoms with Crippen LogP contribution < -0.4 is 10.2 Å². The summed E-state index contributed by atoms with van der Waals surface area (Å²) in [6, 6.07) is 9.41. The fourth-order valence-corrected chi connectivity index (χ4v) is 4.38. The SMILES string of the molecule is O=C(CN1CCN(c2ccccc2)C1=O)Nc1nc2c(s1)CCCC2. The van der Waals surface area contributed by atoms with Gasteiger partial charge in [0.25, 0.3) is 0 Å². The summed E-state index contributed by atoms with van der Waals surface area (Å²) >= 11 is 1.56. The molecule has 7 heteroatoms. The van der Waals surface area contributed by atoms with Gasteiger partial charge in [-0.15, -0.1) is 11.3 Å². The average molecular weight is 356 g/mol. The quantitative estimate of drug-likeness (QED) is 0.916. The molecule has 2 heterocycles. The zero-order chi connectivity index (χ0) is 17.2. The van der Waals surface area contributed by atoms with Crippen molar-refractivity contribution in [1.82, 2.24) is 9.88 Å². The Bertz CT molecular complexity index is 766. The number of urea groups is 1. The van der Waals surface area contributed by atoms with Gasteiger partial charge in [-0.1, -0.05) is 18.2 Å². The summed E-state index contributed by atoms with van der Waals surface area (Å²) < 4.78 is 0. The maximum absolute atomic E-state index is 12.5. The fourth-order valence-electron chi connectivity index (χ4n) is 3.31. The summed E-state index contributed by atoms with van der Waals surface area (Å²) in [6.07, 6.45) is 4.42. The fraction of sp³-hybridized carbons (Fsp3) is 0.389. The summed E-state index contributed by atoms with van der Waals surface area (Å²) in [7, 11) is 0. The first kappa shape index (κ1) is 16.1. The summed E-state index contributed by atoms with van der Waals surface area (Å²) in [5.41, 5.74) is 1.99. The Balaban J connectivity index is 1.37. The van der Waals surface area contributed by atoms with Crippen LogP contribution >= 0.6 is 11.3 Å². The van der Waals surface area contributed by atoms with E-state index in [-0.39, 0.29) is 18.5 Å². The molecule has 0 atom stereocenters. The van der Waals surface area contributed by atoms with E-state index in [0.717, 1.165) is 24.2 Å². The van der Waals surface area contributed by atoms with Crippen molar-refractivity contribution in [2.24, 2.45) is 0 Å². The van der Waals surface area contributed by atoms with Crippen LogP contribution in [0.15, 0.2) is 30.3 Å². The Morgan fingerprint density at radius 1 is 1.16 bits per heavy atom. The maximum atomic E-state index is 12.5. The summed E-state index contributed by atoms with van der Waals surface area (Å²) in [5.74, 6) is -0.186. The Kier molecular flexibility index (Phi) is 4.40. The number of amides is 3. The highest BCUT2D eigenvalue weighted by Crippen LogP contribution is 2.29. The number of thiazole rings is 1. The van der Waals surface area contributed by atoms with Crippen LogP contribution in [-0.2, 0) is 17.6 Å². The molecule has 1 aromatic heterocycles. The van der Waals surface area contributed by atoms with E-state index in [0.29, 0.717) is 18.2 Å². The lowest BCUT2D eigenvalue weighted by Crippen LogP contribution is -2.37. The van der Waals surface area contributed by atoms with E-state index in [1.54, 1.807) is 21.1 Å². The number of anilines is 2. The number of fused-ring (bicyclic) bond motifs is 1. The van der Waals surface area contributed by atoms with Gasteiger partial charge >= 0.3 is 6.03 Å². The number of nitrogens with zero attached hydrogens (tertiary/aromatic N) is 3. The van der Waals surface area contributed by atoms with Crippen LogP contribution in [0.25, 0.3) is 0 Å². The van der Waals surface area contributed by atoms with E-state index < -0.39 is 0 Å². The van der Waals surface area contributed by atoms with Crippen LogP contribution in [0.2, 0.25) is 0 Å². The van der Waals surface area contributed by atoms with E-state index in [2.05, 4.69) is 10.3 Å². The van der Waals surface area contributed by atoms with Gasteiger partial charge in [-0.2, -0.15) is 0 Å². The largest absolute Gasteiger partial charge is 0.325 e. The van der Waals surface area contributed by atoms with Crippen molar-refractivity contribution in [3.05, 3.63) is 40.9 Å². The second-order valence-corrected chi connectivity index (χ2v) is 7.42. The van der Waals surface area contributed by atoms with Gasteiger partial charge < -0.3 is 10.2 Å². The highest BCUT2D eigenvalue weighted by molar-refractivity contribution is 7.15. The van der Waals surface area contributed by atoms with Gasteiger partial charge in [0.1, 0.15) is 6.54 Å². The number of hydrogen-bond acceptors (Lipinski definition) is 4. The number of rotatable bonds is 4. The van der Waals surface area contributed by atoms with Crippen molar-refractivity contribution in [2.45, 2.75) is 25.7 Å². The first-order valence-electron chi connectivity index (χ1n) is 8.60. The maximum Gasteiger partial charge on any atom is 0.325 e. The van der Waals surface area contributed by atoms with Crippen LogP contribution in [0.4, 0.5) is 15.6 Å². The third kappa shape index (κ3) is 3.37. The lowest BCUT2D eigenvalue weighted by Gasteiger charge is -2.18. The third-order valence-electron chi connectivity index (χ3n) is 4.59. The zero-order valence-electron chi connectivity index (χ0n) is 13.9. The van der Waals surface area contributed by atoms with Gasteiger partial charge in [0.15, 0.2) is 5.13 Å². The molecule has 130 valence electrons. The molecule has 3 amide bonds. The lowest BCUT2D eigenvalue weighted by molar-refractivity contribution is -0.116. The van der Waals surface area contributed by atoms with E-state index in [1.165, 1.54) is 17.7 Å².